The van der Waals surface area contributed by atoms with Crippen LogP contribution in [0.15, 0.2) is 75.7 Å². The number of phenols is 1. The molecule has 7 heteroatoms. The minimum absolute atomic E-state index is 0.105. The van der Waals surface area contributed by atoms with Gasteiger partial charge in [0.1, 0.15) is 5.75 Å². The largest absolute Gasteiger partial charge is 0.508 e. The molecular weight excluding hydrogens is 400 g/mol. The quantitative estimate of drug-likeness (QED) is 0.658. The van der Waals surface area contributed by atoms with Crippen LogP contribution in [0.3, 0.4) is 0 Å². The monoisotopic (exact) mass is 420 g/mol. The fourth-order valence-electron chi connectivity index (χ4n) is 3.46. The predicted molar refractivity (Wildman–Crippen MR) is 115 cm³/mol. The Labute approximate surface area is 176 Å². The molecule has 0 bridgehead atoms. The SMILES string of the molecule is CCOC(=O)C1=C(C)N=c2s/c(=C/c3ccccc3)c(=O)n2[C@H]1c1ccc(O)cc1. The summed E-state index contributed by atoms with van der Waals surface area (Å²) in [6.07, 6.45) is 1.82. The maximum Gasteiger partial charge on any atom is 0.338 e. The standard InChI is InChI=1S/C23H20N2O4S/c1-3-29-22(28)19-14(2)24-23-25(20(19)16-9-11-17(26)12-10-16)21(27)18(30-23)13-15-7-5-4-6-8-15/h4-13,20,26H,3H2,1-2H3/b18-13+/t20-/m0/s1. The van der Waals surface area contributed by atoms with Gasteiger partial charge >= 0.3 is 5.97 Å². The number of hydrogen-bond acceptors (Lipinski definition) is 6. The van der Waals surface area contributed by atoms with Gasteiger partial charge in [-0.25, -0.2) is 9.79 Å². The van der Waals surface area contributed by atoms with Crippen molar-refractivity contribution in [3.63, 3.8) is 0 Å². The van der Waals surface area contributed by atoms with Gasteiger partial charge in [-0.1, -0.05) is 53.8 Å². The van der Waals surface area contributed by atoms with Gasteiger partial charge in [0.05, 0.1) is 28.5 Å². The Balaban J connectivity index is 1.96. The lowest BCUT2D eigenvalue weighted by atomic mass is 9.96. The summed E-state index contributed by atoms with van der Waals surface area (Å²) in [4.78, 5) is 31.2. The van der Waals surface area contributed by atoms with Crippen LogP contribution in [0.4, 0.5) is 0 Å². The van der Waals surface area contributed by atoms with Gasteiger partial charge in [0.15, 0.2) is 4.80 Å². The van der Waals surface area contributed by atoms with Crippen LogP contribution in [0.2, 0.25) is 0 Å². The zero-order valence-electron chi connectivity index (χ0n) is 16.5. The highest BCUT2D eigenvalue weighted by Crippen LogP contribution is 2.31. The van der Waals surface area contributed by atoms with Crippen molar-refractivity contribution in [2.45, 2.75) is 19.9 Å². The molecule has 1 aliphatic rings. The molecule has 0 saturated carbocycles. The Morgan fingerprint density at radius 2 is 1.90 bits per heavy atom. The molecule has 2 aromatic carbocycles. The number of fused-ring (bicyclic) bond motifs is 1. The first kappa shape index (κ1) is 19.8. The van der Waals surface area contributed by atoms with Crippen LogP contribution in [0.25, 0.3) is 6.08 Å². The number of carbonyl (C=O) groups excluding carboxylic acids is 1. The fraction of sp³-hybridized carbons (Fsp3) is 0.174. The zero-order valence-corrected chi connectivity index (χ0v) is 17.3. The number of thiazole rings is 1. The van der Waals surface area contributed by atoms with E-state index < -0.39 is 12.0 Å². The number of hydrogen-bond donors (Lipinski definition) is 1. The van der Waals surface area contributed by atoms with Gasteiger partial charge in [0, 0.05) is 0 Å². The van der Waals surface area contributed by atoms with E-state index in [4.69, 9.17) is 4.74 Å². The van der Waals surface area contributed by atoms with Crippen LogP contribution in [-0.2, 0) is 9.53 Å². The van der Waals surface area contributed by atoms with Gasteiger partial charge in [0.2, 0.25) is 0 Å². The molecule has 6 nitrogen and oxygen atoms in total. The van der Waals surface area contributed by atoms with Crippen molar-refractivity contribution in [3.05, 3.63) is 96.7 Å². The first-order valence-electron chi connectivity index (χ1n) is 9.53. The van der Waals surface area contributed by atoms with Crippen LogP contribution in [-0.4, -0.2) is 22.2 Å². The van der Waals surface area contributed by atoms with Gasteiger partial charge in [0.25, 0.3) is 5.56 Å². The molecule has 0 fully saturated rings. The number of esters is 1. The lowest BCUT2D eigenvalue weighted by molar-refractivity contribution is -0.139. The molecule has 1 atom stereocenters. The van der Waals surface area contributed by atoms with Crippen molar-refractivity contribution >= 4 is 23.4 Å². The molecule has 0 amide bonds. The van der Waals surface area contributed by atoms with Crippen molar-refractivity contribution in [3.8, 4) is 5.75 Å². The van der Waals surface area contributed by atoms with Crippen LogP contribution >= 0.6 is 11.3 Å². The van der Waals surface area contributed by atoms with E-state index >= 15 is 0 Å². The number of aromatic hydroxyl groups is 1. The Morgan fingerprint density at radius 3 is 2.57 bits per heavy atom. The molecule has 152 valence electrons. The van der Waals surface area contributed by atoms with E-state index in [-0.39, 0.29) is 17.9 Å². The van der Waals surface area contributed by atoms with E-state index in [2.05, 4.69) is 4.99 Å². The lowest BCUT2D eigenvalue weighted by Crippen LogP contribution is -2.39. The normalized spacial score (nSPS) is 16.2. The van der Waals surface area contributed by atoms with Crippen LogP contribution in [0, 0.1) is 0 Å². The molecule has 1 aliphatic heterocycles. The summed E-state index contributed by atoms with van der Waals surface area (Å²) in [5, 5.41) is 9.69. The lowest BCUT2D eigenvalue weighted by Gasteiger charge is -2.24. The first-order chi connectivity index (χ1) is 14.5. The van der Waals surface area contributed by atoms with Gasteiger partial charge < -0.3 is 9.84 Å². The van der Waals surface area contributed by atoms with Gasteiger partial charge in [-0.05, 0) is 43.2 Å². The summed E-state index contributed by atoms with van der Waals surface area (Å²) in [7, 11) is 0. The number of aromatic nitrogens is 1. The van der Waals surface area contributed by atoms with Crippen molar-refractivity contribution in [2.24, 2.45) is 4.99 Å². The third kappa shape index (κ3) is 3.59. The van der Waals surface area contributed by atoms with Gasteiger partial charge in [-0.3, -0.25) is 9.36 Å². The number of nitrogens with zero attached hydrogens (tertiary/aromatic N) is 2. The second-order valence-corrected chi connectivity index (χ2v) is 7.81. The Hall–Kier alpha value is -3.45. The van der Waals surface area contributed by atoms with E-state index in [1.807, 2.05) is 36.4 Å². The van der Waals surface area contributed by atoms with Crippen LogP contribution in [0.5, 0.6) is 5.75 Å². The van der Waals surface area contributed by atoms with E-state index in [1.54, 1.807) is 26.0 Å². The van der Waals surface area contributed by atoms with Crippen molar-refractivity contribution in [2.75, 3.05) is 6.61 Å². The summed E-state index contributed by atoms with van der Waals surface area (Å²) >= 11 is 1.28. The topological polar surface area (TPSA) is 80.9 Å². The summed E-state index contributed by atoms with van der Waals surface area (Å²) in [5.41, 5.74) is 2.21. The van der Waals surface area contributed by atoms with E-state index in [9.17, 15) is 14.7 Å². The highest BCUT2D eigenvalue weighted by atomic mass is 32.1. The molecule has 3 aromatic rings. The minimum atomic E-state index is -0.682. The third-order valence-corrected chi connectivity index (χ3v) is 5.81. The summed E-state index contributed by atoms with van der Waals surface area (Å²) < 4.78 is 7.32. The van der Waals surface area contributed by atoms with Crippen molar-refractivity contribution < 1.29 is 14.6 Å². The molecule has 0 spiro atoms. The molecule has 1 aromatic heterocycles. The maximum absolute atomic E-state index is 13.4. The number of carbonyl (C=O) groups is 1. The molecule has 0 saturated heterocycles. The number of rotatable bonds is 4. The Morgan fingerprint density at radius 1 is 1.20 bits per heavy atom. The van der Waals surface area contributed by atoms with E-state index in [1.165, 1.54) is 28.0 Å². The molecule has 30 heavy (non-hydrogen) atoms. The zero-order chi connectivity index (χ0) is 21.3. The Bertz CT molecular complexity index is 1300. The minimum Gasteiger partial charge on any atom is -0.508 e. The van der Waals surface area contributed by atoms with Gasteiger partial charge in [-0.15, -0.1) is 0 Å². The van der Waals surface area contributed by atoms with Crippen molar-refractivity contribution in [1.82, 2.24) is 4.57 Å². The maximum atomic E-state index is 13.4. The van der Waals surface area contributed by atoms with Gasteiger partial charge in [-0.2, -0.15) is 0 Å². The molecule has 2 heterocycles. The van der Waals surface area contributed by atoms with Crippen LogP contribution in [0.1, 0.15) is 31.0 Å². The summed E-state index contributed by atoms with van der Waals surface area (Å²) in [5.74, 6) is -0.400. The number of phenolic OH excluding ortho intramolecular Hbond substituents is 1. The molecule has 0 radical (unpaired) electrons. The summed E-state index contributed by atoms with van der Waals surface area (Å²) in [6.45, 7) is 3.70. The second-order valence-electron chi connectivity index (χ2n) is 6.80. The second kappa shape index (κ2) is 8.12. The molecule has 4 rings (SSSR count). The number of benzene rings is 2. The molecular formula is C23H20N2O4S. The fourth-order valence-corrected chi connectivity index (χ4v) is 4.51. The van der Waals surface area contributed by atoms with E-state index in [0.29, 0.717) is 26.2 Å². The van der Waals surface area contributed by atoms with Crippen molar-refractivity contribution in [1.29, 1.82) is 0 Å². The Kier molecular flexibility index (Phi) is 5.37. The number of ether oxygens (including phenoxy) is 1. The molecule has 0 aliphatic carbocycles. The highest BCUT2D eigenvalue weighted by molar-refractivity contribution is 7.07. The number of allylic oxidation sites excluding steroid dienone is 1. The average molecular weight is 420 g/mol. The summed E-state index contributed by atoms with van der Waals surface area (Å²) in [6, 6.07) is 15.4. The predicted octanol–water partition coefficient (Wildman–Crippen LogP) is 2.50. The van der Waals surface area contributed by atoms with E-state index in [0.717, 1.165) is 5.56 Å². The smallest absolute Gasteiger partial charge is 0.338 e. The molecule has 0 unspecified atom stereocenters. The van der Waals surface area contributed by atoms with Crippen LogP contribution < -0.4 is 14.9 Å². The third-order valence-electron chi connectivity index (χ3n) is 4.82. The first-order valence-corrected chi connectivity index (χ1v) is 10.3. The molecule has 1 N–H and O–H groups in total. The highest BCUT2D eigenvalue weighted by Gasteiger charge is 2.33. The average Bonchev–Trinajstić information content (AvgIpc) is 3.03.